The quantitative estimate of drug-likeness (QED) is 0.775. The van der Waals surface area contributed by atoms with Gasteiger partial charge in [-0.15, -0.1) is 0 Å². The Hall–Kier alpha value is -1.09. The van der Waals surface area contributed by atoms with Crippen LogP contribution in [0.3, 0.4) is 0 Å². The van der Waals surface area contributed by atoms with Gasteiger partial charge in [-0.3, -0.25) is 0 Å². The Labute approximate surface area is 84.3 Å². The van der Waals surface area contributed by atoms with E-state index in [0.717, 1.165) is 24.8 Å². The van der Waals surface area contributed by atoms with Crippen LogP contribution in [0.4, 0.5) is 0 Å². The summed E-state index contributed by atoms with van der Waals surface area (Å²) < 4.78 is 5.71. The summed E-state index contributed by atoms with van der Waals surface area (Å²) in [4.78, 5) is 4.20. The normalized spacial score (nSPS) is 26.4. The van der Waals surface area contributed by atoms with Crippen LogP contribution in [0.2, 0.25) is 0 Å². The van der Waals surface area contributed by atoms with Crippen molar-refractivity contribution in [1.29, 1.82) is 0 Å². The van der Waals surface area contributed by atoms with Gasteiger partial charge in [0.15, 0.2) is 0 Å². The van der Waals surface area contributed by atoms with Crippen molar-refractivity contribution < 1.29 is 4.74 Å². The third-order valence-corrected chi connectivity index (χ3v) is 2.66. The van der Waals surface area contributed by atoms with Gasteiger partial charge in [0.2, 0.25) is 5.88 Å². The number of rotatable bonds is 2. The fraction of sp³-hybridized carbons (Fsp3) is 0.545. The molecule has 0 unspecified atom stereocenters. The molecule has 0 radical (unpaired) electrons. The lowest BCUT2D eigenvalue weighted by Gasteiger charge is -2.16. The highest BCUT2D eigenvalue weighted by Crippen LogP contribution is 2.22. The van der Waals surface area contributed by atoms with Crippen molar-refractivity contribution in [2.45, 2.75) is 38.3 Å². The molecule has 1 saturated carbocycles. The zero-order valence-corrected chi connectivity index (χ0v) is 8.44. The molecule has 2 rings (SSSR count). The van der Waals surface area contributed by atoms with E-state index < -0.39 is 0 Å². The lowest BCUT2D eigenvalue weighted by Crippen LogP contribution is -2.33. The Morgan fingerprint density at radius 2 is 2.29 bits per heavy atom. The highest BCUT2D eigenvalue weighted by atomic mass is 16.5. The van der Waals surface area contributed by atoms with Crippen molar-refractivity contribution in [3.8, 4) is 5.88 Å². The summed E-state index contributed by atoms with van der Waals surface area (Å²) in [6, 6.07) is 4.08. The average molecular weight is 192 g/mol. The highest BCUT2D eigenvalue weighted by molar-refractivity contribution is 5.16. The van der Waals surface area contributed by atoms with Gasteiger partial charge in [-0.05, 0) is 31.7 Å². The summed E-state index contributed by atoms with van der Waals surface area (Å²) in [5, 5.41) is 0. The van der Waals surface area contributed by atoms with E-state index in [2.05, 4.69) is 4.98 Å². The van der Waals surface area contributed by atoms with Crippen molar-refractivity contribution in [3.05, 3.63) is 23.9 Å². The van der Waals surface area contributed by atoms with Crippen LogP contribution in [0.5, 0.6) is 5.88 Å². The number of hydrogen-bond donors (Lipinski definition) is 1. The second kappa shape index (κ2) is 3.96. The van der Waals surface area contributed by atoms with Crippen LogP contribution in [0, 0.1) is 6.92 Å². The van der Waals surface area contributed by atoms with Crippen LogP contribution in [0.15, 0.2) is 18.3 Å². The Kier molecular flexibility index (Phi) is 2.68. The molecule has 76 valence electrons. The predicted octanol–water partition coefficient (Wildman–Crippen LogP) is 1.65. The summed E-state index contributed by atoms with van der Waals surface area (Å²) in [6.45, 7) is 2.01. The molecule has 1 heterocycles. The fourth-order valence-electron chi connectivity index (χ4n) is 1.78. The number of ether oxygens (including phenoxy) is 1. The summed E-state index contributed by atoms with van der Waals surface area (Å²) in [6.07, 6.45) is 5.26. The van der Waals surface area contributed by atoms with E-state index in [1.165, 1.54) is 0 Å². The maximum Gasteiger partial charge on any atom is 0.213 e. The van der Waals surface area contributed by atoms with Crippen molar-refractivity contribution >= 4 is 0 Å². The monoisotopic (exact) mass is 192 g/mol. The number of hydrogen-bond acceptors (Lipinski definition) is 3. The first-order chi connectivity index (χ1) is 6.75. The summed E-state index contributed by atoms with van der Waals surface area (Å²) in [5.41, 5.74) is 7.05. The average Bonchev–Trinajstić information content (AvgIpc) is 2.56. The number of aryl methyl sites for hydroxylation is 1. The summed E-state index contributed by atoms with van der Waals surface area (Å²) in [5.74, 6) is 0.693. The first kappa shape index (κ1) is 9.46. The Morgan fingerprint density at radius 1 is 1.43 bits per heavy atom. The zero-order valence-electron chi connectivity index (χ0n) is 8.44. The minimum absolute atomic E-state index is 0.158. The molecule has 2 atom stereocenters. The van der Waals surface area contributed by atoms with Gasteiger partial charge in [-0.25, -0.2) is 4.98 Å². The predicted molar refractivity (Wildman–Crippen MR) is 55.2 cm³/mol. The molecule has 3 heteroatoms. The maximum absolute atomic E-state index is 5.90. The van der Waals surface area contributed by atoms with Crippen LogP contribution >= 0.6 is 0 Å². The number of pyridine rings is 1. The van der Waals surface area contributed by atoms with E-state index in [1.54, 1.807) is 0 Å². The van der Waals surface area contributed by atoms with Gasteiger partial charge in [-0.2, -0.15) is 0 Å². The summed E-state index contributed by atoms with van der Waals surface area (Å²) >= 11 is 0. The van der Waals surface area contributed by atoms with E-state index in [4.69, 9.17) is 10.5 Å². The summed E-state index contributed by atoms with van der Waals surface area (Å²) in [7, 11) is 0. The van der Waals surface area contributed by atoms with E-state index in [9.17, 15) is 0 Å². The molecule has 1 aromatic heterocycles. The number of nitrogens with two attached hydrogens (primary N) is 1. The van der Waals surface area contributed by atoms with Gasteiger partial charge in [-0.1, -0.05) is 6.07 Å². The second-order valence-corrected chi connectivity index (χ2v) is 3.92. The number of aromatic nitrogens is 1. The van der Waals surface area contributed by atoms with E-state index >= 15 is 0 Å². The third-order valence-electron chi connectivity index (χ3n) is 2.66. The lowest BCUT2D eigenvalue weighted by atomic mass is 10.2. The molecule has 0 bridgehead atoms. The minimum Gasteiger partial charge on any atom is -0.473 e. The molecule has 0 saturated heterocycles. The van der Waals surface area contributed by atoms with Crippen molar-refractivity contribution in [2.24, 2.45) is 5.73 Å². The molecular weight excluding hydrogens is 176 g/mol. The van der Waals surface area contributed by atoms with Gasteiger partial charge in [0, 0.05) is 18.3 Å². The van der Waals surface area contributed by atoms with E-state index in [1.807, 2.05) is 25.3 Å². The molecule has 1 aliphatic carbocycles. The van der Waals surface area contributed by atoms with Crippen molar-refractivity contribution in [3.63, 3.8) is 0 Å². The van der Waals surface area contributed by atoms with Gasteiger partial charge < -0.3 is 10.5 Å². The molecular formula is C11H16N2O. The minimum atomic E-state index is 0.158. The van der Waals surface area contributed by atoms with Gasteiger partial charge >= 0.3 is 0 Å². The first-order valence-corrected chi connectivity index (χ1v) is 5.10. The molecule has 0 aliphatic heterocycles. The molecule has 14 heavy (non-hydrogen) atoms. The Bertz CT molecular complexity index is 297. The van der Waals surface area contributed by atoms with Gasteiger partial charge in [0.1, 0.15) is 6.10 Å². The SMILES string of the molecule is Cc1ccc(O[C@@H]2CCC[C@H]2N)nc1. The Balaban J connectivity index is 2.00. The zero-order chi connectivity index (χ0) is 9.97. The molecule has 2 N–H and O–H groups in total. The van der Waals surface area contributed by atoms with Crippen molar-refractivity contribution in [2.75, 3.05) is 0 Å². The molecule has 0 aromatic carbocycles. The Morgan fingerprint density at radius 3 is 2.86 bits per heavy atom. The standard InChI is InChI=1S/C11H16N2O/c1-8-5-6-11(13-7-8)14-10-4-2-3-9(10)12/h5-7,9-10H,2-4,12H2,1H3/t9-,10-/m1/s1. The fourth-order valence-corrected chi connectivity index (χ4v) is 1.78. The molecule has 0 amide bonds. The smallest absolute Gasteiger partial charge is 0.213 e. The van der Waals surface area contributed by atoms with Gasteiger partial charge in [0.05, 0.1) is 0 Å². The topological polar surface area (TPSA) is 48.1 Å². The van der Waals surface area contributed by atoms with Gasteiger partial charge in [0.25, 0.3) is 0 Å². The molecule has 3 nitrogen and oxygen atoms in total. The highest BCUT2D eigenvalue weighted by Gasteiger charge is 2.25. The van der Waals surface area contributed by atoms with Crippen LogP contribution < -0.4 is 10.5 Å². The lowest BCUT2D eigenvalue weighted by molar-refractivity contribution is 0.184. The molecule has 0 spiro atoms. The third kappa shape index (κ3) is 2.04. The van der Waals surface area contributed by atoms with Crippen LogP contribution in [0.25, 0.3) is 0 Å². The van der Waals surface area contributed by atoms with E-state index in [-0.39, 0.29) is 12.1 Å². The van der Waals surface area contributed by atoms with Crippen LogP contribution in [-0.2, 0) is 0 Å². The molecule has 1 aromatic rings. The largest absolute Gasteiger partial charge is 0.473 e. The molecule has 1 fully saturated rings. The maximum atomic E-state index is 5.90. The van der Waals surface area contributed by atoms with E-state index in [0.29, 0.717) is 5.88 Å². The molecule has 1 aliphatic rings. The van der Waals surface area contributed by atoms with Crippen molar-refractivity contribution in [1.82, 2.24) is 4.98 Å². The van der Waals surface area contributed by atoms with Crippen LogP contribution in [-0.4, -0.2) is 17.1 Å². The second-order valence-electron chi connectivity index (χ2n) is 3.92. The van der Waals surface area contributed by atoms with Crippen LogP contribution in [0.1, 0.15) is 24.8 Å². The first-order valence-electron chi connectivity index (χ1n) is 5.10. The number of nitrogens with zero attached hydrogens (tertiary/aromatic N) is 1.